The smallest absolute Gasteiger partial charge is 0.124 e. The fraction of sp³-hybridized carbons (Fsp3) is 0.364. The zero-order valence-corrected chi connectivity index (χ0v) is 9.40. The van der Waals surface area contributed by atoms with Gasteiger partial charge in [0, 0.05) is 10.6 Å². The van der Waals surface area contributed by atoms with Gasteiger partial charge in [-0.25, -0.2) is 4.39 Å². The predicted octanol–water partition coefficient (Wildman–Crippen LogP) is 2.83. The average molecular weight is 227 g/mol. The van der Waals surface area contributed by atoms with E-state index in [1.165, 1.54) is 12.1 Å². The Balaban J connectivity index is 2.99. The first-order chi connectivity index (χ1) is 6.97. The van der Waals surface area contributed by atoms with Gasteiger partial charge in [0.05, 0.1) is 12.6 Å². The van der Waals surface area contributed by atoms with Gasteiger partial charge in [0.25, 0.3) is 0 Å². The maximum atomic E-state index is 12.8. The number of benzene rings is 1. The minimum Gasteiger partial charge on any atom is -0.295 e. The number of nitriles is 1. The second kappa shape index (κ2) is 4.61. The van der Waals surface area contributed by atoms with Gasteiger partial charge in [-0.05, 0) is 31.5 Å². The fourth-order valence-electron chi connectivity index (χ4n) is 1.35. The van der Waals surface area contributed by atoms with Crippen molar-refractivity contribution >= 4 is 11.6 Å². The molecule has 1 aromatic rings. The van der Waals surface area contributed by atoms with Crippen molar-refractivity contribution in [2.75, 3.05) is 6.54 Å². The van der Waals surface area contributed by atoms with Crippen molar-refractivity contribution in [1.82, 2.24) is 5.32 Å². The Hall–Kier alpha value is -1.11. The Kier molecular flexibility index (Phi) is 3.67. The van der Waals surface area contributed by atoms with Crippen LogP contribution in [0.3, 0.4) is 0 Å². The van der Waals surface area contributed by atoms with E-state index in [0.717, 1.165) is 5.56 Å². The largest absolute Gasteiger partial charge is 0.295 e. The van der Waals surface area contributed by atoms with Crippen molar-refractivity contribution in [2.45, 2.75) is 19.4 Å². The number of hydrogen-bond acceptors (Lipinski definition) is 2. The molecular weight excluding hydrogens is 215 g/mol. The number of halogens is 2. The summed E-state index contributed by atoms with van der Waals surface area (Å²) in [5, 5.41) is 11.9. The summed E-state index contributed by atoms with van der Waals surface area (Å²) < 4.78 is 12.8. The molecule has 80 valence electrons. The molecule has 0 unspecified atom stereocenters. The molecule has 0 aliphatic heterocycles. The molecule has 15 heavy (non-hydrogen) atoms. The molecule has 0 saturated carbocycles. The van der Waals surface area contributed by atoms with Gasteiger partial charge in [-0.3, -0.25) is 5.32 Å². The van der Waals surface area contributed by atoms with E-state index in [4.69, 9.17) is 16.9 Å². The van der Waals surface area contributed by atoms with Gasteiger partial charge >= 0.3 is 0 Å². The van der Waals surface area contributed by atoms with E-state index in [2.05, 4.69) is 5.32 Å². The summed E-state index contributed by atoms with van der Waals surface area (Å²) >= 11 is 5.93. The fourth-order valence-corrected chi connectivity index (χ4v) is 1.76. The number of nitrogens with one attached hydrogen (secondary N) is 1. The number of rotatable bonds is 3. The molecule has 0 atom stereocenters. The quantitative estimate of drug-likeness (QED) is 0.805. The Morgan fingerprint density at radius 1 is 1.53 bits per heavy atom. The Labute approximate surface area is 93.7 Å². The summed E-state index contributed by atoms with van der Waals surface area (Å²) in [6, 6.07) is 6.25. The van der Waals surface area contributed by atoms with Crippen LogP contribution in [0.15, 0.2) is 18.2 Å². The molecule has 1 rings (SSSR count). The van der Waals surface area contributed by atoms with Crippen molar-refractivity contribution in [3.8, 4) is 6.07 Å². The second-order valence-electron chi connectivity index (χ2n) is 3.76. The standard InChI is InChI=1S/C11H12ClFN2/c1-11(2,15-6-5-14)9-4-3-8(13)7-10(9)12/h3-4,7,15H,6H2,1-2H3. The third-order valence-corrected chi connectivity index (χ3v) is 2.53. The number of hydrogen-bond donors (Lipinski definition) is 1. The lowest BCUT2D eigenvalue weighted by molar-refractivity contribution is 0.427. The molecule has 0 aliphatic rings. The van der Waals surface area contributed by atoms with Crippen LogP contribution >= 0.6 is 11.6 Å². The minimum atomic E-state index is -0.444. The normalized spacial score (nSPS) is 11.1. The van der Waals surface area contributed by atoms with Gasteiger partial charge in [0.15, 0.2) is 0 Å². The van der Waals surface area contributed by atoms with Crippen LogP contribution in [0.4, 0.5) is 4.39 Å². The van der Waals surface area contributed by atoms with Gasteiger partial charge in [0.2, 0.25) is 0 Å². The summed E-state index contributed by atoms with van der Waals surface area (Å²) in [6.45, 7) is 4.01. The average Bonchev–Trinajstić information content (AvgIpc) is 2.14. The summed E-state index contributed by atoms with van der Waals surface area (Å²) in [5.74, 6) is -0.361. The lowest BCUT2D eigenvalue weighted by Gasteiger charge is -2.26. The molecule has 0 heterocycles. The van der Waals surface area contributed by atoms with E-state index in [1.54, 1.807) is 6.07 Å². The molecule has 0 aromatic heterocycles. The summed E-state index contributed by atoms with van der Waals surface area (Å²) in [5.41, 5.74) is 0.335. The lowest BCUT2D eigenvalue weighted by Crippen LogP contribution is -2.36. The van der Waals surface area contributed by atoms with Gasteiger partial charge < -0.3 is 0 Å². The first-order valence-electron chi connectivity index (χ1n) is 4.55. The first kappa shape index (κ1) is 12.0. The van der Waals surface area contributed by atoms with Crippen LogP contribution in [0.25, 0.3) is 0 Å². The highest BCUT2D eigenvalue weighted by Crippen LogP contribution is 2.28. The van der Waals surface area contributed by atoms with Crippen molar-refractivity contribution in [3.05, 3.63) is 34.6 Å². The molecule has 0 bridgehead atoms. The van der Waals surface area contributed by atoms with E-state index in [9.17, 15) is 4.39 Å². The number of nitrogens with zero attached hydrogens (tertiary/aromatic N) is 1. The van der Waals surface area contributed by atoms with Gasteiger partial charge in [-0.1, -0.05) is 17.7 Å². The van der Waals surface area contributed by atoms with Gasteiger partial charge in [-0.15, -0.1) is 0 Å². The van der Waals surface area contributed by atoms with Crippen molar-refractivity contribution < 1.29 is 4.39 Å². The summed E-state index contributed by atoms with van der Waals surface area (Å²) in [7, 11) is 0. The van der Waals surface area contributed by atoms with Crippen LogP contribution in [0.2, 0.25) is 5.02 Å². The molecular formula is C11H12ClFN2. The Morgan fingerprint density at radius 3 is 2.73 bits per heavy atom. The molecule has 1 N–H and O–H groups in total. The van der Waals surface area contributed by atoms with Crippen LogP contribution in [0.1, 0.15) is 19.4 Å². The Morgan fingerprint density at radius 2 is 2.20 bits per heavy atom. The molecule has 2 nitrogen and oxygen atoms in total. The molecule has 0 amide bonds. The van der Waals surface area contributed by atoms with Crippen LogP contribution in [-0.2, 0) is 5.54 Å². The molecule has 4 heteroatoms. The van der Waals surface area contributed by atoms with E-state index in [1.807, 2.05) is 19.9 Å². The highest BCUT2D eigenvalue weighted by Gasteiger charge is 2.22. The summed E-state index contributed by atoms with van der Waals surface area (Å²) in [6.07, 6.45) is 0. The third-order valence-electron chi connectivity index (χ3n) is 2.21. The van der Waals surface area contributed by atoms with Crippen molar-refractivity contribution in [2.24, 2.45) is 0 Å². The first-order valence-corrected chi connectivity index (χ1v) is 4.92. The van der Waals surface area contributed by atoms with Crippen LogP contribution in [0.5, 0.6) is 0 Å². The van der Waals surface area contributed by atoms with Crippen LogP contribution in [-0.4, -0.2) is 6.54 Å². The van der Waals surface area contributed by atoms with Gasteiger partial charge in [0.1, 0.15) is 5.82 Å². The van der Waals surface area contributed by atoms with Crippen molar-refractivity contribution in [3.63, 3.8) is 0 Å². The molecule has 0 fully saturated rings. The maximum absolute atomic E-state index is 12.8. The zero-order chi connectivity index (χ0) is 11.5. The zero-order valence-electron chi connectivity index (χ0n) is 8.64. The van der Waals surface area contributed by atoms with E-state index < -0.39 is 5.54 Å². The predicted molar refractivity (Wildman–Crippen MR) is 58.1 cm³/mol. The summed E-state index contributed by atoms with van der Waals surface area (Å²) in [4.78, 5) is 0. The topological polar surface area (TPSA) is 35.8 Å². The monoisotopic (exact) mass is 226 g/mol. The highest BCUT2D eigenvalue weighted by atomic mass is 35.5. The van der Waals surface area contributed by atoms with Crippen molar-refractivity contribution in [1.29, 1.82) is 5.26 Å². The van der Waals surface area contributed by atoms with E-state index in [-0.39, 0.29) is 12.4 Å². The van der Waals surface area contributed by atoms with E-state index in [0.29, 0.717) is 5.02 Å². The lowest BCUT2D eigenvalue weighted by atomic mass is 9.94. The third kappa shape index (κ3) is 2.92. The molecule has 0 saturated heterocycles. The van der Waals surface area contributed by atoms with Crippen LogP contribution < -0.4 is 5.32 Å². The molecule has 1 aromatic carbocycles. The highest BCUT2D eigenvalue weighted by molar-refractivity contribution is 6.31. The molecule has 0 aliphatic carbocycles. The maximum Gasteiger partial charge on any atom is 0.124 e. The Bertz CT molecular complexity index is 396. The molecule has 0 radical (unpaired) electrons. The van der Waals surface area contributed by atoms with E-state index >= 15 is 0 Å². The second-order valence-corrected chi connectivity index (χ2v) is 4.17. The van der Waals surface area contributed by atoms with Gasteiger partial charge in [-0.2, -0.15) is 5.26 Å². The minimum absolute atomic E-state index is 0.223. The van der Waals surface area contributed by atoms with Crippen LogP contribution in [0, 0.1) is 17.1 Å². The SMILES string of the molecule is CC(C)(NCC#N)c1ccc(F)cc1Cl. The molecule has 0 spiro atoms.